The normalized spacial score (nSPS) is 12.3. The van der Waals surface area contributed by atoms with Crippen molar-refractivity contribution in [3.8, 4) is 21.9 Å². The van der Waals surface area contributed by atoms with E-state index < -0.39 is 0 Å². The molecule has 7 heteroatoms. The standard InChI is InChI=1S/C20H20N2O4S/c1-24-10-9-22-20(23)18(19(27-22)15-5-3-2-4-6-15)21-12-14-7-8-16-17(11-14)26-13-25-16/h2-8,11,21H,9-10,12-13H2,1H3. The van der Waals surface area contributed by atoms with Crippen molar-refractivity contribution < 1.29 is 14.2 Å². The number of methoxy groups -OCH3 is 1. The maximum Gasteiger partial charge on any atom is 0.284 e. The first-order valence-corrected chi connectivity index (χ1v) is 9.44. The SMILES string of the molecule is COCCn1sc(-c2ccccc2)c(NCc2ccc3c(c2)OCO3)c1=O. The Labute approximate surface area is 161 Å². The number of hydrogen-bond acceptors (Lipinski definition) is 6. The Hall–Kier alpha value is -2.77. The number of aromatic nitrogens is 1. The topological polar surface area (TPSA) is 61.7 Å². The predicted octanol–water partition coefficient (Wildman–Crippen LogP) is 3.56. The summed E-state index contributed by atoms with van der Waals surface area (Å²) in [6.45, 7) is 1.80. The average Bonchev–Trinajstić information content (AvgIpc) is 3.29. The molecule has 0 saturated heterocycles. The van der Waals surface area contributed by atoms with Gasteiger partial charge < -0.3 is 19.5 Å². The van der Waals surface area contributed by atoms with Crippen LogP contribution >= 0.6 is 11.5 Å². The summed E-state index contributed by atoms with van der Waals surface area (Å²) in [5, 5.41) is 3.32. The molecule has 1 N–H and O–H groups in total. The molecule has 0 amide bonds. The molecule has 0 spiro atoms. The van der Waals surface area contributed by atoms with E-state index in [0.717, 1.165) is 27.5 Å². The minimum absolute atomic E-state index is 0.0309. The molecule has 6 nitrogen and oxygen atoms in total. The highest BCUT2D eigenvalue weighted by atomic mass is 32.1. The van der Waals surface area contributed by atoms with Gasteiger partial charge in [-0.2, -0.15) is 0 Å². The molecular formula is C20H20N2O4S. The number of ether oxygens (including phenoxy) is 3. The molecule has 0 saturated carbocycles. The Balaban J connectivity index is 1.62. The van der Waals surface area contributed by atoms with E-state index >= 15 is 0 Å². The fourth-order valence-electron chi connectivity index (χ4n) is 2.92. The van der Waals surface area contributed by atoms with Gasteiger partial charge in [-0.3, -0.25) is 8.75 Å². The zero-order valence-corrected chi connectivity index (χ0v) is 15.8. The van der Waals surface area contributed by atoms with E-state index in [1.54, 1.807) is 11.1 Å². The molecule has 0 unspecified atom stereocenters. The number of nitrogens with one attached hydrogen (secondary N) is 1. The van der Waals surface area contributed by atoms with Crippen molar-refractivity contribution in [3.05, 3.63) is 64.4 Å². The first kappa shape index (κ1) is 17.6. The fraction of sp³-hybridized carbons (Fsp3) is 0.250. The number of nitrogens with zero attached hydrogens (tertiary/aromatic N) is 1. The van der Waals surface area contributed by atoms with Gasteiger partial charge in [-0.05, 0) is 23.3 Å². The summed E-state index contributed by atoms with van der Waals surface area (Å²) in [6.07, 6.45) is 0. The van der Waals surface area contributed by atoms with Crippen LogP contribution in [-0.4, -0.2) is 24.5 Å². The van der Waals surface area contributed by atoms with Crippen molar-refractivity contribution in [2.75, 3.05) is 25.8 Å². The molecule has 0 atom stereocenters. The van der Waals surface area contributed by atoms with Crippen molar-refractivity contribution in [1.29, 1.82) is 0 Å². The molecule has 140 valence electrons. The number of hydrogen-bond donors (Lipinski definition) is 1. The highest BCUT2D eigenvalue weighted by Gasteiger charge is 2.17. The lowest BCUT2D eigenvalue weighted by molar-refractivity contribution is 0.174. The van der Waals surface area contributed by atoms with Crippen LogP contribution in [0.15, 0.2) is 53.3 Å². The van der Waals surface area contributed by atoms with Gasteiger partial charge in [0.25, 0.3) is 5.56 Å². The third-order valence-electron chi connectivity index (χ3n) is 4.31. The van der Waals surface area contributed by atoms with E-state index in [1.165, 1.54) is 11.5 Å². The van der Waals surface area contributed by atoms with Gasteiger partial charge in [-0.15, -0.1) is 0 Å². The zero-order chi connectivity index (χ0) is 18.6. The molecule has 0 bridgehead atoms. The first-order chi connectivity index (χ1) is 13.3. The van der Waals surface area contributed by atoms with Crippen molar-refractivity contribution >= 4 is 17.2 Å². The Morgan fingerprint density at radius 2 is 1.96 bits per heavy atom. The van der Waals surface area contributed by atoms with E-state index in [9.17, 15) is 4.79 Å². The van der Waals surface area contributed by atoms with E-state index in [-0.39, 0.29) is 12.4 Å². The highest BCUT2D eigenvalue weighted by Crippen LogP contribution is 2.34. The van der Waals surface area contributed by atoms with Crippen LogP contribution in [0.4, 0.5) is 5.69 Å². The Kier molecular flexibility index (Phi) is 5.13. The van der Waals surface area contributed by atoms with Gasteiger partial charge in [0.1, 0.15) is 5.69 Å². The summed E-state index contributed by atoms with van der Waals surface area (Å²) < 4.78 is 17.6. The first-order valence-electron chi connectivity index (χ1n) is 8.67. The Morgan fingerprint density at radius 3 is 2.78 bits per heavy atom. The minimum Gasteiger partial charge on any atom is -0.454 e. The summed E-state index contributed by atoms with van der Waals surface area (Å²) in [5.74, 6) is 1.49. The third-order valence-corrected chi connectivity index (χ3v) is 5.50. The van der Waals surface area contributed by atoms with Crippen LogP contribution in [0.3, 0.4) is 0 Å². The van der Waals surface area contributed by atoms with E-state index in [1.807, 2.05) is 48.5 Å². The van der Waals surface area contributed by atoms with Crippen molar-refractivity contribution in [2.45, 2.75) is 13.1 Å². The van der Waals surface area contributed by atoms with Crippen LogP contribution in [0.5, 0.6) is 11.5 Å². The van der Waals surface area contributed by atoms with Gasteiger partial charge in [-0.1, -0.05) is 47.9 Å². The molecule has 1 aromatic heterocycles. The quantitative estimate of drug-likeness (QED) is 0.675. The highest BCUT2D eigenvalue weighted by molar-refractivity contribution is 7.10. The van der Waals surface area contributed by atoms with Crippen molar-refractivity contribution in [3.63, 3.8) is 0 Å². The number of benzene rings is 2. The van der Waals surface area contributed by atoms with E-state index in [0.29, 0.717) is 25.4 Å². The number of fused-ring (bicyclic) bond motifs is 1. The second kappa shape index (κ2) is 7.85. The van der Waals surface area contributed by atoms with Gasteiger partial charge in [0, 0.05) is 13.7 Å². The summed E-state index contributed by atoms with van der Waals surface area (Å²) in [5.41, 5.74) is 2.62. The molecule has 1 aliphatic rings. The van der Waals surface area contributed by atoms with Gasteiger partial charge in [0.05, 0.1) is 18.0 Å². The Bertz CT molecular complexity index is 981. The molecule has 0 fully saturated rings. The third kappa shape index (κ3) is 3.70. The summed E-state index contributed by atoms with van der Waals surface area (Å²) >= 11 is 1.45. The van der Waals surface area contributed by atoms with Gasteiger partial charge >= 0.3 is 0 Å². The lowest BCUT2D eigenvalue weighted by atomic mass is 10.1. The summed E-state index contributed by atoms with van der Waals surface area (Å²) in [7, 11) is 1.63. The summed E-state index contributed by atoms with van der Waals surface area (Å²) in [6, 6.07) is 15.7. The molecule has 2 aromatic carbocycles. The zero-order valence-electron chi connectivity index (χ0n) is 14.9. The lowest BCUT2D eigenvalue weighted by Crippen LogP contribution is -2.19. The van der Waals surface area contributed by atoms with Gasteiger partial charge in [0.15, 0.2) is 11.5 Å². The number of rotatable bonds is 7. The molecular weight excluding hydrogens is 364 g/mol. The predicted molar refractivity (Wildman–Crippen MR) is 106 cm³/mol. The minimum atomic E-state index is -0.0309. The molecule has 27 heavy (non-hydrogen) atoms. The molecule has 4 rings (SSSR count). The summed E-state index contributed by atoms with van der Waals surface area (Å²) in [4.78, 5) is 13.8. The largest absolute Gasteiger partial charge is 0.454 e. The number of anilines is 1. The second-order valence-electron chi connectivity index (χ2n) is 6.10. The smallest absolute Gasteiger partial charge is 0.284 e. The Morgan fingerprint density at radius 1 is 1.15 bits per heavy atom. The van der Waals surface area contributed by atoms with Crippen LogP contribution < -0.4 is 20.3 Å². The van der Waals surface area contributed by atoms with Crippen LogP contribution in [0.1, 0.15) is 5.56 Å². The van der Waals surface area contributed by atoms with E-state index in [2.05, 4.69) is 5.32 Å². The van der Waals surface area contributed by atoms with Crippen LogP contribution in [0.2, 0.25) is 0 Å². The van der Waals surface area contributed by atoms with Crippen LogP contribution in [0, 0.1) is 0 Å². The molecule has 3 aromatic rings. The van der Waals surface area contributed by atoms with E-state index in [4.69, 9.17) is 14.2 Å². The second-order valence-corrected chi connectivity index (χ2v) is 7.13. The van der Waals surface area contributed by atoms with Crippen LogP contribution in [-0.2, 0) is 17.8 Å². The monoisotopic (exact) mass is 384 g/mol. The lowest BCUT2D eigenvalue weighted by Gasteiger charge is -2.07. The maximum absolute atomic E-state index is 12.9. The molecule has 2 heterocycles. The van der Waals surface area contributed by atoms with Crippen LogP contribution in [0.25, 0.3) is 10.4 Å². The average molecular weight is 384 g/mol. The van der Waals surface area contributed by atoms with Gasteiger partial charge in [0.2, 0.25) is 6.79 Å². The van der Waals surface area contributed by atoms with Crippen molar-refractivity contribution in [2.24, 2.45) is 0 Å². The fourth-order valence-corrected chi connectivity index (χ4v) is 3.98. The maximum atomic E-state index is 12.9. The molecule has 1 aliphatic heterocycles. The molecule has 0 radical (unpaired) electrons. The van der Waals surface area contributed by atoms with Crippen molar-refractivity contribution in [1.82, 2.24) is 3.96 Å². The molecule has 0 aliphatic carbocycles. The van der Waals surface area contributed by atoms with Gasteiger partial charge in [-0.25, -0.2) is 0 Å².